The first kappa shape index (κ1) is 25.2. The first-order valence-electron chi connectivity index (χ1n) is 12.0. The minimum atomic E-state index is -0.486. The molecule has 0 aromatic carbocycles. The van der Waals surface area contributed by atoms with E-state index in [-0.39, 0.29) is 23.5 Å². The van der Waals surface area contributed by atoms with Crippen molar-refractivity contribution in [2.75, 3.05) is 13.6 Å². The van der Waals surface area contributed by atoms with Crippen molar-refractivity contribution in [3.63, 3.8) is 0 Å². The summed E-state index contributed by atoms with van der Waals surface area (Å²) >= 11 is 0. The van der Waals surface area contributed by atoms with Gasteiger partial charge in [0.25, 0.3) is 0 Å². The van der Waals surface area contributed by atoms with E-state index in [4.69, 9.17) is 0 Å². The number of hydrogen-bond acceptors (Lipinski definition) is 3. The van der Waals surface area contributed by atoms with Crippen molar-refractivity contribution in [2.45, 2.75) is 97.3 Å². The van der Waals surface area contributed by atoms with Crippen LogP contribution in [0.3, 0.4) is 0 Å². The van der Waals surface area contributed by atoms with E-state index >= 15 is 0 Å². The number of aliphatic hydroxyl groups excluding tert-OH is 2. The maximum Gasteiger partial charge on any atom is 0.0755 e. The van der Waals surface area contributed by atoms with Crippen LogP contribution in [-0.2, 0) is 0 Å². The summed E-state index contributed by atoms with van der Waals surface area (Å²) in [7, 11) is 2.21. The Labute approximate surface area is 185 Å². The first-order chi connectivity index (χ1) is 14.1. The summed E-state index contributed by atoms with van der Waals surface area (Å²) in [5.41, 5.74) is 1.84. The molecule has 6 atom stereocenters. The van der Waals surface area contributed by atoms with E-state index in [1.54, 1.807) is 5.57 Å². The molecule has 2 aliphatic rings. The van der Waals surface area contributed by atoms with E-state index < -0.39 is 6.10 Å². The van der Waals surface area contributed by atoms with Crippen LogP contribution >= 0.6 is 0 Å². The number of hydrogen-bond donors (Lipinski definition) is 2. The number of allylic oxidation sites excluding steroid dienone is 2. The van der Waals surface area contributed by atoms with E-state index in [0.717, 1.165) is 25.8 Å². The largest absolute Gasteiger partial charge is 0.392 e. The predicted molar refractivity (Wildman–Crippen MR) is 127 cm³/mol. The zero-order chi connectivity index (χ0) is 22.3. The molecule has 0 unspecified atom stereocenters. The van der Waals surface area contributed by atoms with Gasteiger partial charge < -0.3 is 15.1 Å². The third-order valence-corrected chi connectivity index (χ3v) is 7.35. The van der Waals surface area contributed by atoms with Gasteiger partial charge in [0.1, 0.15) is 0 Å². The molecule has 0 heterocycles. The van der Waals surface area contributed by atoms with E-state index in [0.29, 0.717) is 18.3 Å². The molecule has 0 bridgehead atoms. The van der Waals surface area contributed by atoms with Gasteiger partial charge in [0.15, 0.2) is 0 Å². The van der Waals surface area contributed by atoms with Gasteiger partial charge in [-0.25, -0.2) is 0 Å². The topological polar surface area (TPSA) is 43.7 Å². The molecular weight excluding hydrogens is 370 g/mol. The maximum atomic E-state index is 10.6. The van der Waals surface area contributed by atoms with Crippen molar-refractivity contribution in [3.8, 4) is 11.8 Å². The molecule has 2 saturated carbocycles. The highest BCUT2D eigenvalue weighted by atomic mass is 16.3. The van der Waals surface area contributed by atoms with Crippen molar-refractivity contribution in [1.82, 2.24) is 4.90 Å². The van der Waals surface area contributed by atoms with Crippen LogP contribution in [0.15, 0.2) is 23.8 Å². The minimum absolute atomic E-state index is 0.124. The van der Waals surface area contributed by atoms with Gasteiger partial charge in [0.2, 0.25) is 0 Å². The molecule has 3 heteroatoms. The average Bonchev–Trinajstić information content (AvgIpc) is 3.19. The highest BCUT2D eigenvalue weighted by Gasteiger charge is 2.44. The normalized spacial score (nSPS) is 30.0. The predicted octanol–water partition coefficient (Wildman–Crippen LogP) is 5.19. The molecule has 170 valence electrons. The fourth-order valence-corrected chi connectivity index (χ4v) is 4.89. The molecule has 3 nitrogen and oxygen atoms in total. The van der Waals surface area contributed by atoms with Gasteiger partial charge in [-0.15, -0.1) is 11.8 Å². The van der Waals surface area contributed by atoms with Crippen LogP contribution in [0.1, 0.15) is 79.6 Å². The van der Waals surface area contributed by atoms with Gasteiger partial charge in [-0.05, 0) is 97.6 Å². The van der Waals surface area contributed by atoms with Gasteiger partial charge in [-0.2, -0.15) is 0 Å². The van der Waals surface area contributed by atoms with Crippen LogP contribution < -0.4 is 0 Å². The summed E-state index contributed by atoms with van der Waals surface area (Å²) in [4.78, 5) is 2.43. The van der Waals surface area contributed by atoms with Crippen molar-refractivity contribution < 1.29 is 10.2 Å². The molecule has 0 radical (unpaired) electrons. The number of fused-ring (bicyclic) bond motifs is 1. The van der Waals surface area contributed by atoms with Crippen LogP contribution in [-0.4, -0.2) is 46.5 Å². The smallest absolute Gasteiger partial charge is 0.0755 e. The highest BCUT2D eigenvalue weighted by molar-refractivity contribution is 5.18. The Balaban J connectivity index is 1.81. The summed E-state index contributed by atoms with van der Waals surface area (Å²) in [6, 6.07) is 0. The monoisotopic (exact) mass is 415 g/mol. The van der Waals surface area contributed by atoms with E-state index in [1.165, 1.54) is 19.3 Å². The molecule has 0 amide bonds. The Morgan fingerprint density at radius 2 is 1.97 bits per heavy atom. The van der Waals surface area contributed by atoms with Crippen molar-refractivity contribution in [1.29, 1.82) is 0 Å². The number of nitrogens with zero attached hydrogens (tertiary/aromatic N) is 1. The van der Waals surface area contributed by atoms with Crippen LogP contribution in [0.25, 0.3) is 0 Å². The first-order valence-corrected chi connectivity index (χ1v) is 12.0. The summed E-state index contributed by atoms with van der Waals surface area (Å²) in [5, 5.41) is 20.9. The highest BCUT2D eigenvalue weighted by Crippen LogP contribution is 2.50. The third kappa shape index (κ3) is 7.26. The fourth-order valence-electron chi connectivity index (χ4n) is 4.89. The lowest BCUT2D eigenvalue weighted by Gasteiger charge is -2.31. The number of rotatable bonds is 9. The summed E-state index contributed by atoms with van der Waals surface area (Å²) < 4.78 is 0. The van der Waals surface area contributed by atoms with Gasteiger partial charge in [0, 0.05) is 17.9 Å². The molecule has 2 N–H and O–H groups in total. The Morgan fingerprint density at radius 3 is 2.63 bits per heavy atom. The maximum absolute atomic E-state index is 10.6. The second-order valence-electron chi connectivity index (χ2n) is 10.6. The van der Waals surface area contributed by atoms with Gasteiger partial charge >= 0.3 is 0 Å². The van der Waals surface area contributed by atoms with Crippen LogP contribution in [0.4, 0.5) is 0 Å². The summed E-state index contributed by atoms with van der Waals surface area (Å²) in [6.45, 7) is 11.8. The van der Waals surface area contributed by atoms with E-state index in [1.807, 2.05) is 19.9 Å². The SMILES string of the molecule is CC#CC[C@@H](C)[C@H](O)/C=C/[C@@H]1[C@H]2C/C(=C/CCCCN(C)C(C)(C)C)C[C@H]2C[C@H]1O. The lowest BCUT2D eigenvalue weighted by molar-refractivity contribution is 0.137. The molecule has 0 aromatic heterocycles. The molecule has 30 heavy (non-hydrogen) atoms. The zero-order valence-electron chi connectivity index (χ0n) is 20.2. The average molecular weight is 416 g/mol. The lowest BCUT2D eigenvalue weighted by atomic mass is 9.89. The summed E-state index contributed by atoms with van der Waals surface area (Å²) in [5.74, 6) is 7.39. The van der Waals surface area contributed by atoms with E-state index in [9.17, 15) is 10.2 Å². The molecule has 0 spiro atoms. The molecule has 0 aromatic rings. The molecule has 2 fully saturated rings. The number of unbranched alkanes of at least 4 members (excludes halogenated alkanes) is 2. The zero-order valence-corrected chi connectivity index (χ0v) is 20.2. The molecule has 0 saturated heterocycles. The van der Waals surface area contributed by atoms with Gasteiger partial charge in [-0.3, -0.25) is 0 Å². The minimum Gasteiger partial charge on any atom is -0.392 e. The Hall–Kier alpha value is -1.08. The summed E-state index contributed by atoms with van der Waals surface area (Å²) in [6.07, 6.45) is 13.3. The Morgan fingerprint density at radius 1 is 1.23 bits per heavy atom. The molecular formula is C27H45NO2. The molecule has 2 aliphatic carbocycles. The molecule has 2 rings (SSSR count). The van der Waals surface area contributed by atoms with Crippen molar-refractivity contribution in [2.24, 2.45) is 23.7 Å². The molecule has 0 aliphatic heterocycles. The van der Waals surface area contributed by atoms with E-state index in [2.05, 4.69) is 56.7 Å². The Bertz CT molecular complexity index is 648. The van der Waals surface area contributed by atoms with Crippen molar-refractivity contribution in [3.05, 3.63) is 23.8 Å². The van der Waals surface area contributed by atoms with Gasteiger partial charge in [-0.1, -0.05) is 30.7 Å². The van der Waals surface area contributed by atoms with Crippen LogP contribution in [0.5, 0.6) is 0 Å². The second kappa shape index (κ2) is 11.5. The van der Waals surface area contributed by atoms with Gasteiger partial charge in [0.05, 0.1) is 12.2 Å². The quantitative estimate of drug-likeness (QED) is 0.309. The number of aliphatic hydroxyl groups is 2. The fraction of sp³-hybridized carbons (Fsp3) is 0.778. The third-order valence-electron chi connectivity index (χ3n) is 7.35. The van der Waals surface area contributed by atoms with Crippen LogP contribution in [0, 0.1) is 35.5 Å². The van der Waals surface area contributed by atoms with Crippen LogP contribution in [0.2, 0.25) is 0 Å². The van der Waals surface area contributed by atoms with Crippen molar-refractivity contribution >= 4 is 0 Å². The second-order valence-corrected chi connectivity index (χ2v) is 10.6. The Kier molecular flexibility index (Phi) is 9.67. The lowest BCUT2D eigenvalue weighted by Crippen LogP contribution is -2.38. The standard InChI is InChI=1S/C27H45NO2/c1-7-8-12-20(2)25(29)15-14-23-24-18-21(17-22(24)19-26(23)30)13-10-9-11-16-28(6)27(3,4)5/h13-15,20,22-26,29-30H,9-12,16-19H2,1-6H3/b15-14+,21-13+/t20-,22+,23-,24+,25-,26-/m1/s1.